The molecule has 5 heteroatoms. The van der Waals surface area contributed by atoms with Gasteiger partial charge in [-0.15, -0.1) is 0 Å². The third-order valence-electron chi connectivity index (χ3n) is 2.41. The first-order chi connectivity index (χ1) is 7.65. The fourth-order valence-corrected chi connectivity index (χ4v) is 1.50. The maximum atomic E-state index is 11.9. The molecule has 0 bridgehead atoms. The molecule has 0 saturated heterocycles. The lowest BCUT2D eigenvalue weighted by atomic mass is 10.3. The van der Waals surface area contributed by atoms with Crippen molar-refractivity contribution in [2.24, 2.45) is 0 Å². The van der Waals surface area contributed by atoms with Gasteiger partial charge in [-0.3, -0.25) is 4.57 Å². The molecule has 0 aliphatic carbocycles. The molecule has 1 amide bonds. The van der Waals surface area contributed by atoms with E-state index in [1.807, 2.05) is 25.9 Å². The molecule has 0 aliphatic rings. The number of aromatic nitrogens is 2. The van der Waals surface area contributed by atoms with Crippen LogP contribution in [-0.4, -0.2) is 59.1 Å². The number of carbonyl (C=O) groups is 1. The predicted molar refractivity (Wildman–Crippen MR) is 63.4 cm³/mol. The van der Waals surface area contributed by atoms with Crippen LogP contribution in [-0.2, 0) is 0 Å². The average molecular weight is 224 g/mol. The first kappa shape index (κ1) is 12.7. The first-order valence-electron chi connectivity index (χ1n) is 5.57. The zero-order valence-corrected chi connectivity index (χ0v) is 10.3. The Bertz CT molecular complexity index is 308. The van der Waals surface area contributed by atoms with E-state index in [0.717, 1.165) is 26.1 Å². The average Bonchev–Trinajstić information content (AvgIpc) is 2.76. The highest BCUT2D eigenvalue weighted by Crippen LogP contribution is 1.98. The topological polar surface area (TPSA) is 41.4 Å². The normalized spacial score (nSPS) is 10.8. The molecular weight excluding hydrogens is 204 g/mol. The molecule has 0 radical (unpaired) electrons. The van der Waals surface area contributed by atoms with E-state index < -0.39 is 0 Å². The fraction of sp³-hybridized carbons (Fsp3) is 0.636. The molecule has 0 spiro atoms. The molecule has 0 aromatic carbocycles. The first-order valence-corrected chi connectivity index (χ1v) is 5.57. The highest BCUT2D eigenvalue weighted by molar-refractivity contribution is 5.76. The van der Waals surface area contributed by atoms with E-state index in [0.29, 0.717) is 0 Å². The maximum absolute atomic E-state index is 11.9. The zero-order valence-electron chi connectivity index (χ0n) is 10.3. The molecule has 1 rings (SSSR count). The van der Waals surface area contributed by atoms with Crippen molar-refractivity contribution in [3.8, 4) is 0 Å². The number of hydrogen-bond donors (Lipinski definition) is 0. The quantitative estimate of drug-likeness (QED) is 0.752. The minimum Gasteiger partial charge on any atom is -0.324 e. The van der Waals surface area contributed by atoms with E-state index in [-0.39, 0.29) is 6.03 Å². The van der Waals surface area contributed by atoms with E-state index in [2.05, 4.69) is 9.88 Å². The Morgan fingerprint density at radius 1 is 1.38 bits per heavy atom. The molecule has 0 fully saturated rings. The van der Waals surface area contributed by atoms with Crippen LogP contribution in [0.4, 0.5) is 4.79 Å². The van der Waals surface area contributed by atoms with Gasteiger partial charge in [0.25, 0.3) is 0 Å². The molecule has 0 unspecified atom stereocenters. The smallest absolute Gasteiger partial charge is 0.324 e. The lowest BCUT2D eigenvalue weighted by Crippen LogP contribution is -2.35. The minimum absolute atomic E-state index is 0.00115. The number of rotatable bonds is 5. The Kier molecular flexibility index (Phi) is 4.98. The van der Waals surface area contributed by atoms with Crippen LogP contribution in [0.25, 0.3) is 0 Å². The summed E-state index contributed by atoms with van der Waals surface area (Å²) in [5, 5.41) is 0. The van der Waals surface area contributed by atoms with E-state index >= 15 is 0 Å². The number of hydrogen-bond acceptors (Lipinski definition) is 3. The summed E-state index contributed by atoms with van der Waals surface area (Å²) in [6, 6.07) is -0.00115. The van der Waals surface area contributed by atoms with Gasteiger partial charge in [0.05, 0.1) is 0 Å². The van der Waals surface area contributed by atoms with E-state index in [1.54, 1.807) is 12.4 Å². The van der Waals surface area contributed by atoms with Crippen molar-refractivity contribution in [1.82, 2.24) is 19.4 Å². The van der Waals surface area contributed by atoms with Crippen LogP contribution in [0.2, 0.25) is 0 Å². The second kappa shape index (κ2) is 6.27. The summed E-state index contributed by atoms with van der Waals surface area (Å²) in [6.07, 6.45) is 5.82. The highest BCUT2D eigenvalue weighted by atomic mass is 16.2. The van der Waals surface area contributed by atoms with Crippen molar-refractivity contribution < 1.29 is 4.79 Å². The van der Waals surface area contributed by atoms with Crippen molar-refractivity contribution in [2.45, 2.75) is 13.3 Å². The molecule has 16 heavy (non-hydrogen) atoms. The molecule has 0 saturated carbocycles. The lowest BCUT2D eigenvalue weighted by molar-refractivity contribution is 0.199. The number of imidazole rings is 1. The summed E-state index contributed by atoms with van der Waals surface area (Å²) in [4.78, 5) is 19.8. The van der Waals surface area contributed by atoms with Crippen molar-refractivity contribution >= 4 is 6.03 Å². The number of amides is 1. The van der Waals surface area contributed by atoms with Crippen LogP contribution in [0.15, 0.2) is 18.7 Å². The fourth-order valence-electron chi connectivity index (χ4n) is 1.50. The van der Waals surface area contributed by atoms with Crippen molar-refractivity contribution in [3.63, 3.8) is 0 Å². The van der Waals surface area contributed by atoms with E-state index in [9.17, 15) is 4.79 Å². The molecule has 1 heterocycles. The summed E-state index contributed by atoms with van der Waals surface area (Å²) in [5.41, 5.74) is 0. The molecule has 1 aromatic heterocycles. The summed E-state index contributed by atoms with van der Waals surface area (Å²) in [5.74, 6) is 0. The van der Waals surface area contributed by atoms with Gasteiger partial charge in [0.1, 0.15) is 6.33 Å². The Labute approximate surface area is 96.7 Å². The molecule has 90 valence electrons. The van der Waals surface area contributed by atoms with Gasteiger partial charge in [-0.05, 0) is 34.0 Å². The van der Waals surface area contributed by atoms with Gasteiger partial charge in [-0.1, -0.05) is 0 Å². The van der Waals surface area contributed by atoms with Gasteiger partial charge >= 0.3 is 6.03 Å². The number of nitrogens with zero attached hydrogens (tertiary/aromatic N) is 4. The molecule has 1 aromatic rings. The van der Waals surface area contributed by atoms with Gasteiger partial charge in [0.15, 0.2) is 0 Å². The van der Waals surface area contributed by atoms with Crippen molar-refractivity contribution in [1.29, 1.82) is 0 Å². The SMILES string of the molecule is CCN(CCCN(C)C)C(=O)n1ccnc1. The Morgan fingerprint density at radius 3 is 2.62 bits per heavy atom. The van der Waals surface area contributed by atoms with Crippen LogP contribution in [0, 0.1) is 0 Å². The Morgan fingerprint density at radius 2 is 2.12 bits per heavy atom. The van der Waals surface area contributed by atoms with Gasteiger partial charge < -0.3 is 9.80 Å². The largest absolute Gasteiger partial charge is 0.329 e. The standard InChI is InChI=1S/C11H20N4O/c1-4-14(8-5-7-13(2)3)11(16)15-9-6-12-10-15/h6,9-10H,4-5,7-8H2,1-3H3. The highest BCUT2D eigenvalue weighted by Gasteiger charge is 2.12. The van der Waals surface area contributed by atoms with Gasteiger partial charge in [-0.2, -0.15) is 0 Å². The zero-order chi connectivity index (χ0) is 12.0. The second-order valence-electron chi connectivity index (χ2n) is 3.99. The van der Waals surface area contributed by atoms with Crippen LogP contribution in [0.3, 0.4) is 0 Å². The maximum Gasteiger partial charge on any atom is 0.329 e. The van der Waals surface area contributed by atoms with Crippen LogP contribution >= 0.6 is 0 Å². The molecule has 0 N–H and O–H groups in total. The summed E-state index contributed by atoms with van der Waals surface area (Å²) in [6.45, 7) is 4.49. The second-order valence-corrected chi connectivity index (χ2v) is 3.99. The molecule has 5 nitrogen and oxygen atoms in total. The Hall–Kier alpha value is -1.36. The Balaban J connectivity index is 2.45. The monoisotopic (exact) mass is 224 g/mol. The predicted octanol–water partition coefficient (Wildman–Crippen LogP) is 1.12. The summed E-state index contributed by atoms with van der Waals surface area (Å²) >= 11 is 0. The molecular formula is C11H20N4O. The van der Waals surface area contributed by atoms with E-state index in [1.165, 1.54) is 10.9 Å². The van der Waals surface area contributed by atoms with Gasteiger partial charge in [-0.25, -0.2) is 9.78 Å². The minimum atomic E-state index is -0.00115. The van der Waals surface area contributed by atoms with E-state index in [4.69, 9.17) is 0 Å². The van der Waals surface area contributed by atoms with Gasteiger partial charge in [0.2, 0.25) is 0 Å². The summed E-state index contributed by atoms with van der Waals surface area (Å²) in [7, 11) is 4.07. The van der Waals surface area contributed by atoms with Crippen LogP contribution in [0.1, 0.15) is 13.3 Å². The van der Waals surface area contributed by atoms with Crippen LogP contribution in [0.5, 0.6) is 0 Å². The third-order valence-corrected chi connectivity index (χ3v) is 2.41. The van der Waals surface area contributed by atoms with Gasteiger partial charge in [0, 0.05) is 25.5 Å². The van der Waals surface area contributed by atoms with Crippen molar-refractivity contribution in [3.05, 3.63) is 18.7 Å². The molecule has 0 aliphatic heterocycles. The summed E-state index contributed by atoms with van der Waals surface area (Å²) < 4.78 is 1.51. The molecule has 0 atom stereocenters. The van der Waals surface area contributed by atoms with Crippen molar-refractivity contribution in [2.75, 3.05) is 33.7 Å². The number of carbonyl (C=O) groups excluding carboxylic acids is 1. The third kappa shape index (κ3) is 3.66. The lowest BCUT2D eigenvalue weighted by Gasteiger charge is -2.21. The van der Waals surface area contributed by atoms with Crippen LogP contribution < -0.4 is 0 Å².